The van der Waals surface area contributed by atoms with Gasteiger partial charge in [-0.2, -0.15) is 0 Å². The number of rotatable bonds is 13. The number of nitrogens with zero attached hydrogens (tertiary/aromatic N) is 2. The molecule has 0 aliphatic rings. The van der Waals surface area contributed by atoms with Crippen molar-refractivity contribution in [2.24, 2.45) is 0 Å². The largest absolute Gasteiger partial charge is 0.493 e. The van der Waals surface area contributed by atoms with Crippen LogP contribution in [-0.2, 0) is 26.2 Å². The van der Waals surface area contributed by atoms with Crippen LogP contribution < -0.4 is 19.1 Å². The van der Waals surface area contributed by atoms with E-state index in [9.17, 15) is 18.0 Å². The fourth-order valence-corrected chi connectivity index (χ4v) is 6.01. The van der Waals surface area contributed by atoms with Crippen LogP contribution in [0.25, 0.3) is 0 Å². The average Bonchev–Trinajstić information content (AvgIpc) is 2.96. The lowest BCUT2D eigenvalue weighted by Gasteiger charge is -2.32. The number of amides is 2. The van der Waals surface area contributed by atoms with Gasteiger partial charge in [0.15, 0.2) is 11.5 Å². The molecule has 226 valence electrons. The van der Waals surface area contributed by atoms with Crippen LogP contribution in [0.1, 0.15) is 42.5 Å². The Bertz CT molecular complexity index is 1480. The Hall–Kier alpha value is -4.05. The van der Waals surface area contributed by atoms with Gasteiger partial charge in [0.1, 0.15) is 12.6 Å². The molecule has 0 unspecified atom stereocenters. The van der Waals surface area contributed by atoms with E-state index >= 15 is 0 Å². The molecule has 3 aromatic rings. The van der Waals surface area contributed by atoms with Crippen LogP contribution in [0.2, 0.25) is 0 Å². The summed E-state index contributed by atoms with van der Waals surface area (Å²) in [7, 11) is -1.37. The van der Waals surface area contributed by atoms with Crippen molar-refractivity contribution < 1.29 is 27.5 Å². The fourth-order valence-electron chi connectivity index (χ4n) is 4.60. The molecule has 3 rings (SSSR count). The predicted molar refractivity (Wildman–Crippen MR) is 164 cm³/mol. The standard InChI is InChI=1S/C32H41N3O6S/c1-8-15-33-32(37)25(5)34(20-26-11-9-22(2)10-12-26)31(36)21-35(27-17-23(3)16-24(4)18-27)42(38,39)28-13-14-29(40-6)30(19-28)41-7/h9-14,16-19,25H,8,15,20-21H2,1-7H3,(H,33,37)/t25-/m1/s1. The SMILES string of the molecule is CCCNC(=O)[C@@H](C)N(Cc1ccc(C)cc1)C(=O)CN(c1cc(C)cc(C)c1)S(=O)(=O)c1ccc(OC)c(OC)c1. The molecule has 0 fully saturated rings. The zero-order chi connectivity index (χ0) is 31.0. The third-order valence-corrected chi connectivity index (χ3v) is 8.68. The number of nitrogens with one attached hydrogen (secondary N) is 1. The number of ether oxygens (including phenoxy) is 2. The maximum atomic E-state index is 14.2. The van der Waals surface area contributed by atoms with Crippen molar-refractivity contribution in [3.63, 3.8) is 0 Å². The molecular formula is C32H41N3O6S. The molecule has 2 amide bonds. The van der Waals surface area contributed by atoms with Gasteiger partial charge in [0, 0.05) is 19.2 Å². The number of hydrogen-bond acceptors (Lipinski definition) is 6. The number of anilines is 1. The Balaban J connectivity index is 2.09. The molecule has 0 radical (unpaired) electrons. The third kappa shape index (κ3) is 7.82. The molecule has 3 aromatic carbocycles. The maximum absolute atomic E-state index is 14.2. The van der Waals surface area contributed by atoms with Crippen molar-refractivity contribution in [2.45, 2.75) is 58.5 Å². The highest BCUT2D eigenvalue weighted by Gasteiger charge is 2.33. The average molecular weight is 596 g/mol. The first-order valence-electron chi connectivity index (χ1n) is 13.9. The number of carbonyl (C=O) groups is 2. The highest BCUT2D eigenvalue weighted by molar-refractivity contribution is 7.92. The smallest absolute Gasteiger partial charge is 0.264 e. The number of aryl methyl sites for hydroxylation is 3. The summed E-state index contributed by atoms with van der Waals surface area (Å²) in [5, 5.41) is 2.85. The van der Waals surface area contributed by atoms with Gasteiger partial charge < -0.3 is 19.7 Å². The zero-order valence-corrected chi connectivity index (χ0v) is 26.2. The molecule has 1 N–H and O–H groups in total. The van der Waals surface area contributed by atoms with E-state index in [-0.39, 0.29) is 23.1 Å². The monoisotopic (exact) mass is 595 g/mol. The number of methoxy groups -OCH3 is 2. The van der Waals surface area contributed by atoms with Crippen LogP contribution in [-0.4, -0.2) is 58.5 Å². The van der Waals surface area contributed by atoms with Gasteiger partial charge in [-0.15, -0.1) is 0 Å². The van der Waals surface area contributed by atoms with Crippen LogP contribution in [0.5, 0.6) is 11.5 Å². The number of carbonyl (C=O) groups excluding carboxylic acids is 2. The third-order valence-electron chi connectivity index (χ3n) is 6.91. The lowest BCUT2D eigenvalue weighted by molar-refractivity contribution is -0.139. The van der Waals surface area contributed by atoms with E-state index < -0.39 is 28.5 Å². The Labute approximate surface area is 249 Å². The second-order valence-electron chi connectivity index (χ2n) is 10.3. The molecule has 0 aliphatic heterocycles. The Kier molecular flexibility index (Phi) is 11.0. The van der Waals surface area contributed by atoms with Gasteiger partial charge >= 0.3 is 0 Å². The van der Waals surface area contributed by atoms with Crippen LogP contribution in [0.3, 0.4) is 0 Å². The van der Waals surface area contributed by atoms with Crippen molar-refractivity contribution in [1.82, 2.24) is 10.2 Å². The summed E-state index contributed by atoms with van der Waals surface area (Å²) in [6, 6.07) is 16.5. The summed E-state index contributed by atoms with van der Waals surface area (Å²) < 4.78 is 40.1. The molecular weight excluding hydrogens is 554 g/mol. The summed E-state index contributed by atoms with van der Waals surface area (Å²) in [5.41, 5.74) is 3.91. The summed E-state index contributed by atoms with van der Waals surface area (Å²) in [4.78, 5) is 28.5. The van der Waals surface area contributed by atoms with Crippen LogP contribution in [0.15, 0.2) is 65.6 Å². The molecule has 0 aromatic heterocycles. The van der Waals surface area contributed by atoms with E-state index in [0.717, 1.165) is 33.0 Å². The first-order valence-corrected chi connectivity index (χ1v) is 15.3. The van der Waals surface area contributed by atoms with Gasteiger partial charge in [-0.05, 0) is 75.1 Å². The minimum Gasteiger partial charge on any atom is -0.493 e. The molecule has 1 atom stereocenters. The number of hydrogen-bond donors (Lipinski definition) is 1. The fraction of sp³-hybridized carbons (Fsp3) is 0.375. The number of benzene rings is 3. The number of sulfonamides is 1. The van der Waals surface area contributed by atoms with Gasteiger partial charge in [0.2, 0.25) is 11.8 Å². The Morgan fingerprint density at radius 2 is 1.48 bits per heavy atom. The summed E-state index contributed by atoms with van der Waals surface area (Å²) in [6.45, 7) is 9.38. The summed E-state index contributed by atoms with van der Waals surface area (Å²) in [5.74, 6) is -0.204. The first kappa shape index (κ1) is 32.5. The van der Waals surface area contributed by atoms with Gasteiger partial charge in [0.25, 0.3) is 10.0 Å². The van der Waals surface area contributed by atoms with Crippen molar-refractivity contribution in [3.05, 3.63) is 82.9 Å². The van der Waals surface area contributed by atoms with Gasteiger partial charge in [-0.25, -0.2) is 8.42 Å². The molecule has 0 saturated carbocycles. The van der Waals surface area contributed by atoms with Crippen molar-refractivity contribution >= 4 is 27.5 Å². The molecule has 0 spiro atoms. The molecule has 10 heteroatoms. The zero-order valence-electron chi connectivity index (χ0n) is 25.4. The molecule has 42 heavy (non-hydrogen) atoms. The predicted octanol–water partition coefficient (Wildman–Crippen LogP) is 4.77. The summed E-state index contributed by atoms with van der Waals surface area (Å²) >= 11 is 0. The van der Waals surface area contributed by atoms with Crippen LogP contribution in [0.4, 0.5) is 5.69 Å². The lowest BCUT2D eigenvalue weighted by Crippen LogP contribution is -2.51. The van der Waals surface area contributed by atoms with Crippen molar-refractivity contribution in [1.29, 1.82) is 0 Å². The molecule has 0 bridgehead atoms. The highest BCUT2D eigenvalue weighted by atomic mass is 32.2. The van der Waals surface area contributed by atoms with Crippen LogP contribution >= 0.6 is 0 Å². The molecule has 9 nitrogen and oxygen atoms in total. The van der Waals surface area contributed by atoms with E-state index in [0.29, 0.717) is 18.0 Å². The minimum atomic E-state index is -4.26. The molecule has 0 heterocycles. The first-order chi connectivity index (χ1) is 19.9. The lowest BCUT2D eigenvalue weighted by atomic mass is 10.1. The van der Waals surface area contributed by atoms with E-state index in [1.807, 2.05) is 58.0 Å². The van der Waals surface area contributed by atoms with Crippen molar-refractivity contribution in [3.8, 4) is 11.5 Å². The Morgan fingerprint density at radius 1 is 0.857 bits per heavy atom. The van der Waals surface area contributed by atoms with E-state index in [2.05, 4.69) is 5.32 Å². The quantitative estimate of drug-likeness (QED) is 0.305. The normalized spacial score (nSPS) is 11.9. The second-order valence-corrected chi connectivity index (χ2v) is 12.2. The van der Waals surface area contributed by atoms with E-state index in [4.69, 9.17) is 9.47 Å². The Morgan fingerprint density at radius 3 is 2.05 bits per heavy atom. The van der Waals surface area contributed by atoms with Gasteiger partial charge in [-0.3, -0.25) is 13.9 Å². The van der Waals surface area contributed by atoms with Crippen molar-refractivity contribution in [2.75, 3.05) is 31.6 Å². The maximum Gasteiger partial charge on any atom is 0.264 e. The topological polar surface area (TPSA) is 105 Å². The van der Waals surface area contributed by atoms with Gasteiger partial charge in [-0.1, -0.05) is 42.8 Å². The van der Waals surface area contributed by atoms with Crippen LogP contribution in [0, 0.1) is 20.8 Å². The van der Waals surface area contributed by atoms with E-state index in [1.165, 1.54) is 37.3 Å². The molecule has 0 saturated heterocycles. The minimum absolute atomic E-state index is 0.0640. The highest BCUT2D eigenvalue weighted by Crippen LogP contribution is 2.33. The molecule has 0 aliphatic carbocycles. The van der Waals surface area contributed by atoms with Gasteiger partial charge in [0.05, 0.1) is 24.8 Å². The second kappa shape index (κ2) is 14.2. The summed E-state index contributed by atoms with van der Waals surface area (Å²) in [6.07, 6.45) is 0.744. The van der Waals surface area contributed by atoms with E-state index in [1.54, 1.807) is 19.1 Å².